The molecular weight excluding hydrogens is 244 g/mol. The Hall–Kier alpha value is -2.24. The van der Waals surface area contributed by atoms with Gasteiger partial charge >= 0.3 is 5.69 Å². The summed E-state index contributed by atoms with van der Waals surface area (Å²) in [6.45, 7) is 0. The lowest BCUT2D eigenvalue weighted by Crippen LogP contribution is -2.38. The van der Waals surface area contributed by atoms with Crippen LogP contribution in [0.2, 0.25) is 0 Å². The lowest BCUT2D eigenvalue weighted by Gasteiger charge is -2.13. The molecule has 0 aromatic carbocycles. The van der Waals surface area contributed by atoms with E-state index >= 15 is 0 Å². The van der Waals surface area contributed by atoms with Crippen LogP contribution in [0.15, 0.2) is 39.6 Å². The highest BCUT2D eigenvalue weighted by Crippen LogP contribution is 2.15. The lowest BCUT2D eigenvalue weighted by molar-refractivity contribution is 0.685. The maximum absolute atomic E-state index is 11.7. The summed E-state index contributed by atoms with van der Waals surface area (Å²) in [5.74, 6) is 0.441. The minimum absolute atomic E-state index is 0.333. The molecule has 102 valence electrons. The van der Waals surface area contributed by atoms with Crippen molar-refractivity contribution in [2.75, 3.05) is 5.43 Å². The molecule has 0 saturated heterocycles. The molecule has 1 aliphatic rings. The quantitative estimate of drug-likeness (QED) is 0.619. The number of anilines is 1. The normalized spacial score (nSPS) is 16.6. The number of nitrogens with one attached hydrogen (secondary N) is 2. The molecule has 0 amide bonds. The average molecular weight is 262 g/mol. The SMILES string of the molecule is Cn1c(NN/C=C2\CC=CCC2)cc(=O)n(C)c1=O. The van der Waals surface area contributed by atoms with E-state index < -0.39 is 0 Å². The minimum atomic E-state index is -0.356. The van der Waals surface area contributed by atoms with Crippen molar-refractivity contribution in [3.8, 4) is 0 Å². The van der Waals surface area contributed by atoms with E-state index in [1.165, 1.54) is 23.3 Å². The predicted octanol–water partition coefficient (Wildman–Crippen LogP) is 0.624. The van der Waals surface area contributed by atoms with E-state index in [-0.39, 0.29) is 11.2 Å². The fraction of sp³-hybridized carbons (Fsp3) is 0.385. The van der Waals surface area contributed by atoms with Gasteiger partial charge in [0, 0.05) is 26.4 Å². The van der Waals surface area contributed by atoms with E-state index in [2.05, 4.69) is 23.0 Å². The second kappa shape index (κ2) is 5.60. The zero-order chi connectivity index (χ0) is 13.8. The van der Waals surface area contributed by atoms with Crippen LogP contribution in [0.3, 0.4) is 0 Å². The van der Waals surface area contributed by atoms with E-state index in [1.54, 1.807) is 7.05 Å². The van der Waals surface area contributed by atoms with E-state index in [9.17, 15) is 9.59 Å². The van der Waals surface area contributed by atoms with E-state index in [1.807, 2.05) is 6.20 Å². The monoisotopic (exact) mass is 262 g/mol. The van der Waals surface area contributed by atoms with Crippen LogP contribution in [0, 0.1) is 0 Å². The first-order chi connectivity index (χ1) is 9.09. The Morgan fingerprint density at radius 3 is 2.68 bits per heavy atom. The molecule has 0 radical (unpaired) electrons. The van der Waals surface area contributed by atoms with Crippen molar-refractivity contribution >= 4 is 5.82 Å². The molecule has 1 aliphatic carbocycles. The molecule has 0 bridgehead atoms. The van der Waals surface area contributed by atoms with E-state index in [0.29, 0.717) is 5.82 Å². The highest BCUT2D eigenvalue weighted by atomic mass is 16.2. The molecule has 1 aromatic heterocycles. The van der Waals surface area contributed by atoms with Gasteiger partial charge in [0.05, 0.1) is 0 Å². The van der Waals surface area contributed by atoms with Gasteiger partial charge in [-0.15, -0.1) is 0 Å². The maximum atomic E-state index is 11.7. The Labute approximate surface area is 111 Å². The molecule has 1 heterocycles. The molecule has 0 fully saturated rings. The standard InChI is InChI=1S/C13H18N4O2/c1-16-11(8-12(18)17(2)13(16)19)15-14-9-10-6-4-3-5-7-10/h3-4,8-9,14-15H,5-7H2,1-2H3/b10-9+. The van der Waals surface area contributed by atoms with Gasteiger partial charge in [0.25, 0.3) is 5.56 Å². The summed E-state index contributed by atoms with van der Waals surface area (Å²) in [7, 11) is 3.07. The van der Waals surface area contributed by atoms with Crippen molar-refractivity contribution in [3.63, 3.8) is 0 Å². The number of rotatable bonds is 3. The van der Waals surface area contributed by atoms with Crippen LogP contribution < -0.4 is 22.1 Å². The maximum Gasteiger partial charge on any atom is 0.332 e. The van der Waals surface area contributed by atoms with E-state index in [0.717, 1.165) is 23.8 Å². The summed E-state index contributed by atoms with van der Waals surface area (Å²) in [6, 6.07) is 1.38. The summed E-state index contributed by atoms with van der Waals surface area (Å²) >= 11 is 0. The molecule has 0 saturated carbocycles. The van der Waals surface area contributed by atoms with Crippen molar-refractivity contribution in [1.29, 1.82) is 0 Å². The Kier molecular flexibility index (Phi) is 3.89. The molecule has 19 heavy (non-hydrogen) atoms. The summed E-state index contributed by atoms with van der Waals surface area (Å²) < 4.78 is 2.45. The number of nitrogens with zero attached hydrogens (tertiary/aromatic N) is 2. The molecule has 2 N–H and O–H groups in total. The van der Waals surface area contributed by atoms with Gasteiger partial charge in [-0.2, -0.15) is 0 Å². The van der Waals surface area contributed by atoms with Gasteiger partial charge < -0.3 is 5.43 Å². The largest absolute Gasteiger partial charge is 0.332 e. The number of hydrogen-bond donors (Lipinski definition) is 2. The number of hydrazine groups is 1. The fourth-order valence-electron chi connectivity index (χ4n) is 1.92. The second-order valence-corrected chi connectivity index (χ2v) is 4.55. The highest BCUT2D eigenvalue weighted by molar-refractivity contribution is 5.33. The third kappa shape index (κ3) is 2.96. The first-order valence-electron chi connectivity index (χ1n) is 6.21. The Morgan fingerprint density at radius 1 is 1.21 bits per heavy atom. The van der Waals surface area contributed by atoms with Gasteiger partial charge in [-0.05, 0) is 24.8 Å². The van der Waals surface area contributed by atoms with Crippen LogP contribution in [0.4, 0.5) is 5.82 Å². The predicted molar refractivity (Wildman–Crippen MR) is 74.8 cm³/mol. The number of aromatic nitrogens is 2. The molecule has 0 atom stereocenters. The third-order valence-electron chi connectivity index (χ3n) is 3.18. The van der Waals surface area contributed by atoms with Crippen molar-refractivity contribution in [2.24, 2.45) is 14.1 Å². The van der Waals surface area contributed by atoms with Crippen LogP contribution in [0.5, 0.6) is 0 Å². The third-order valence-corrected chi connectivity index (χ3v) is 3.18. The first kappa shape index (κ1) is 13.2. The van der Waals surface area contributed by atoms with Gasteiger partial charge in [-0.3, -0.25) is 19.4 Å². The molecule has 0 aliphatic heterocycles. The van der Waals surface area contributed by atoms with Gasteiger partial charge in [0.15, 0.2) is 0 Å². The van der Waals surface area contributed by atoms with Crippen LogP contribution in [0.25, 0.3) is 0 Å². The lowest BCUT2D eigenvalue weighted by atomic mass is 10.0. The van der Waals surface area contributed by atoms with Gasteiger partial charge in [0.2, 0.25) is 0 Å². The van der Waals surface area contributed by atoms with Crippen molar-refractivity contribution in [1.82, 2.24) is 14.6 Å². The molecule has 0 spiro atoms. The molecule has 0 unspecified atom stereocenters. The van der Waals surface area contributed by atoms with Crippen LogP contribution in [0.1, 0.15) is 19.3 Å². The molecule has 2 rings (SSSR count). The first-order valence-corrected chi connectivity index (χ1v) is 6.21. The van der Waals surface area contributed by atoms with Crippen molar-refractivity contribution in [2.45, 2.75) is 19.3 Å². The Morgan fingerprint density at radius 2 is 2.00 bits per heavy atom. The number of allylic oxidation sites excluding steroid dienone is 3. The van der Waals surface area contributed by atoms with Crippen LogP contribution >= 0.6 is 0 Å². The summed E-state index contributed by atoms with van der Waals surface area (Å²) in [4.78, 5) is 23.2. The molecular formula is C13H18N4O2. The smallest absolute Gasteiger partial charge is 0.307 e. The molecule has 6 nitrogen and oxygen atoms in total. The highest BCUT2D eigenvalue weighted by Gasteiger charge is 2.04. The zero-order valence-electron chi connectivity index (χ0n) is 11.1. The van der Waals surface area contributed by atoms with Gasteiger partial charge in [-0.1, -0.05) is 12.2 Å². The van der Waals surface area contributed by atoms with E-state index in [4.69, 9.17) is 0 Å². The van der Waals surface area contributed by atoms with Crippen LogP contribution in [-0.4, -0.2) is 9.13 Å². The number of hydrogen-bond acceptors (Lipinski definition) is 4. The van der Waals surface area contributed by atoms with Crippen molar-refractivity contribution in [3.05, 3.63) is 50.8 Å². The summed E-state index contributed by atoms with van der Waals surface area (Å²) in [6.07, 6.45) is 9.19. The topological polar surface area (TPSA) is 68.1 Å². The van der Waals surface area contributed by atoms with Crippen LogP contribution in [-0.2, 0) is 14.1 Å². The molecule has 1 aromatic rings. The Bertz CT molecular complexity index is 637. The second-order valence-electron chi connectivity index (χ2n) is 4.55. The average Bonchev–Trinajstić information content (AvgIpc) is 2.43. The minimum Gasteiger partial charge on any atom is -0.307 e. The van der Waals surface area contributed by atoms with Gasteiger partial charge in [-0.25, -0.2) is 4.79 Å². The zero-order valence-corrected chi connectivity index (χ0v) is 11.1. The summed E-state index contributed by atoms with van der Waals surface area (Å²) in [5.41, 5.74) is 6.39. The van der Waals surface area contributed by atoms with Gasteiger partial charge in [0.1, 0.15) is 5.82 Å². The fourth-order valence-corrected chi connectivity index (χ4v) is 1.92. The molecule has 6 heteroatoms. The van der Waals surface area contributed by atoms with Crippen molar-refractivity contribution < 1.29 is 0 Å². The summed E-state index contributed by atoms with van der Waals surface area (Å²) in [5, 5.41) is 0. The Balaban J connectivity index is 2.10.